The van der Waals surface area contributed by atoms with Gasteiger partial charge >= 0.3 is 5.97 Å². The van der Waals surface area contributed by atoms with Crippen molar-refractivity contribution in [3.63, 3.8) is 0 Å². The zero-order valence-electron chi connectivity index (χ0n) is 14.3. The maximum absolute atomic E-state index is 12.3. The van der Waals surface area contributed by atoms with E-state index in [1.165, 1.54) is 26.4 Å². The highest BCUT2D eigenvalue weighted by Crippen LogP contribution is 2.12. The summed E-state index contributed by atoms with van der Waals surface area (Å²) in [5, 5.41) is 2.42. The summed E-state index contributed by atoms with van der Waals surface area (Å²) in [5.41, 5.74) is 0. The monoisotopic (exact) mass is 373 g/mol. The SMILES string of the molecule is COCCOCC(=O)N[C@@H](CCS(=O)(=O)c1ccccc1)C(=O)OC. The van der Waals surface area contributed by atoms with Crippen LogP contribution in [-0.2, 0) is 33.6 Å². The number of nitrogens with one attached hydrogen (secondary N) is 1. The molecule has 1 aromatic rings. The zero-order chi connectivity index (χ0) is 18.7. The number of benzene rings is 1. The van der Waals surface area contributed by atoms with Gasteiger partial charge in [-0.25, -0.2) is 13.2 Å². The number of amides is 1. The number of carbonyl (C=O) groups excluding carboxylic acids is 2. The van der Waals surface area contributed by atoms with Gasteiger partial charge in [0.1, 0.15) is 12.6 Å². The van der Waals surface area contributed by atoms with E-state index >= 15 is 0 Å². The number of ether oxygens (including phenoxy) is 3. The molecule has 1 aromatic carbocycles. The standard InChI is InChI=1S/C16H23NO7S/c1-22-9-10-24-12-15(18)17-14(16(19)23-2)8-11-25(20,21)13-6-4-3-5-7-13/h3-7,14H,8-12H2,1-2H3,(H,17,18)/t14-/m0/s1. The Hall–Kier alpha value is -1.97. The van der Waals surface area contributed by atoms with E-state index in [2.05, 4.69) is 10.1 Å². The van der Waals surface area contributed by atoms with Crippen molar-refractivity contribution in [1.29, 1.82) is 0 Å². The van der Waals surface area contributed by atoms with Gasteiger partial charge in [0.25, 0.3) is 0 Å². The summed E-state index contributed by atoms with van der Waals surface area (Å²) in [7, 11) is -0.891. The highest BCUT2D eigenvalue weighted by molar-refractivity contribution is 7.91. The highest BCUT2D eigenvalue weighted by Gasteiger charge is 2.25. The molecule has 140 valence electrons. The summed E-state index contributed by atoms with van der Waals surface area (Å²) in [5.74, 6) is -1.56. The normalized spacial score (nSPS) is 12.4. The Balaban J connectivity index is 2.61. The third-order valence-electron chi connectivity index (χ3n) is 3.26. The molecule has 0 bridgehead atoms. The molecule has 0 aliphatic heterocycles. The maximum Gasteiger partial charge on any atom is 0.328 e. The molecule has 0 saturated heterocycles. The fraction of sp³-hybridized carbons (Fsp3) is 0.500. The van der Waals surface area contributed by atoms with Crippen molar-refractivity contribution >= 4 is 21.7 Å². The topological polar surface area (TPSA) is 108 Å². The number of methoxy groups -OCH3 is 2. The van der Waals surface area contributed by atoms with E-state index < -0.39 is 27.8 Å². The van der Waals surface area contributed by atoms with Crippen LogP contribution in [0.2, 0.25) is 0 Å². The first-order valence-corrected chi connectivity index (χ1v) is 9.27. The third-order valence-corrected chi connectivity index (χ3v) is 5.03. The third kappa shape index (κ3) is 7.63. The Morgan fingerprint density at radius 2 is 1.80 bits per heavy atom. The Bertz CT molecular complexity index is 646. The van der Waals surface area contributed by atoms with Gasteiger partial charge < -0.3 is 19.5 Å². The molecule has 1 N–H and O–H groups in total. The van der Waals surface area contributed by atoms with Gasteiger partial charge in [-0.2, -0.15) is 0 Å². The molecule has 8 nitrogen and oxygen atoms in total. The lowest BCUT2D eigenvalue weighted by Crippen LogP contribution is -2.44. The second-order valence-corrected chi connectivity index (χ2v) is 7.22. The van der Waals surface area contributed by atoms with Gasteiger partial charge in [-0.05, 0) is 18.6 Å². The largest absolute Gasteiger partial charge is 0.467 e. The van der Waals surface area contributed by atoms with E-state index in [-0.39, 0.29) is 30.3 Å². The van der Waals surface area contributed by atoms with Crippen molar-refractivity contribution in [2.45, 2.75) is 17.4 Å². The van der Waals surface area contributed by atoms with Crippen LogP contribution in [0.3, 0.4) is 0 Å². The van der Waals surface area contributed by atoms with Gasteiger partial charge in [0.15, 0.2) is 9.84 Å². The molecule has 0 spiro atoms. The molecule has 0 unspecified atom stereocenters. The summed E-state index contributed by atoms with van der Waals surface area (Å²) in [6, 6.07) is 6.82. The number of hydrogen-bond acceptors (Lipinski definition) is 7. The fourth-order valence-electron chi connectivity index (χ4n) is 1.95. The first-order chi connectivity index (χ1) is 11.9. The van der Waals surface area contributed by atoms with Crippen LogP contribution in [0.1, 0.15) is 6.42 Å². The van der Waals surface area contributed by atoms with Crippen LogP contribution < -0.4 is 5.32 Å². The molecule has 0 radical (unpaired) electrons. The Morgan fingerprint density at radius 1 is 1.12 bits per heavy atom. The summed E-state index contributed by atoms with van der Waals surface area (Å²) < 4.78 is 39.0. The summed E-state index contributed by atoms with van der Waals surface area (Å²) in [4.78, 5) is 23.7. The summed E-state index contributed by atoms with van der Waals surface area (Å²) in [6.07, 6.45) is -0.103. The van der Waals surface area contributed by atoms with Crippen LogP contribution in [0.5, 0.6) is 0 Å². The zero-order valence-corrected chi connectivity index (χ0v) is 15.1. The van der Waals surface area contributed by atoms with Gasteiger partial charge in [0, 0.05) is 7.11 Å². The molecule has 0 aromatic heterocycles. The van der Waals surface area contributed by atoms with E-state index in [9.17, 15) is 18.0 Å². The molecule has 1 amide bonds. The maximum atomic E-state index is 12.3. The van der Waals surface area contributed by atoms with Crippen molar-refractivity contribution in [1.82, 2.24) is 5.32 Å². The van der Waals surface area contributed by atoms with Crippen molar-refractivity contribution in [3.8, 4) is 0 Å². The predicted octanol–water partition coefficient (Wildman–Crippen LogP) is 0.171. The first-order valence-electron chi connectivity index (χ1n) is 7.62. The van der Waals surface area contributed by atoms with Crippen LogP contribution in [0.25, 0.3) is 0 Å². The number of rotatable bonds is 11. The number of sulfone groups is 1. The van der Waals surface area contributed by atoms with E-state index in [0.29, 0.717) is 6.61 Å². The van der Waals surface area contributed by atoms with Crippen LogP contribution in [0.4, 0.5) is 0 Å². The van der Waals surface area contributed by atoms with Crippen molar-refractivity contribution in [3.05, 3.63) is 30.3 Å². The van der Waals surface area contributed by atoms with Gasteiger partial charge in [-0.3, -0.25) is 4.79 Å². The molecule has 0 saturated carbocycles. The lowest BCUT2D eigenvalue weighted by molar-refractivity contribution is -0.145. The molecule has 1 rings (SSSR count). The average Bonchev–Trinajstić information content (AvgIpc) is 2.62. The van der Waals surface area contributed by atoms with E-state index in [1.807, 2.05) is 0 Å². The molecular weight excluding hydrogens is 350 g/mol. The van der Waals surface area contributed by atoms with E-state index in [4.69, 9.17) is 9.47 Å². The summed E-state index contributed by atoms with van der Waals surface area (Å²) >= 11 is 0. The number of carbonyl (C=O) groups is 2. The Labute approximate surface area is 147 Å². The smallest absolute Gasteiger partial charge is 0.328 e. The van der Waals surface area contributed by atoms with Crippen LogP contribution in [0.15, 0.2) is 35.2 Å². The molecule has 0 heterocycles. The lowest BCUT2D eigenvalue weighted by Gasteiger charge is -2.16. The highest BCUT2D eigenvalue weighted by atomic mass is 32.2. The molecule has 0 aliphatic carbocycles. The van der Waals surface area contributed by atoms with E-state index in [1.54, 1.807) is 18.2 Å². The van der Waals surface area contributed by atoms with E-state index in [0.717, 1.165) is 0 Å². The van der Waals surface area contributed by atoms with Crippen molar-refractivity contribution in [2.75, 3.05) is 39.8 Å². The van der Waals surface area contributed by atoms with Crippen LogP contribution in [-0.4, -0.2) is 66.1 Å². The fourth-order valence-corrected chi connectivity index (χ4v) is 3.31. The Kier molecular flexibility index (Phi) is 9.11. The molecule has 0 aliphatic rings. The van der Waals surface area contributed by atoms with Gasteiger partial charge in [0.2, 0.25) is 5.91 Å². The minimum atomic E-state index is -3.56. The van der Waals surface area contributed by atoms with Gasteiger partial charge in [-0.15, -0.1) is 0 Å². The molecule has 1 atom stereocenters. The first kappa shape index (κ1) is 21.1. The van der Waals surface area contributed by atoms with Crippen molar-refractivity contribution in [2.24, 2.45) is 0 Å². The number of esters is 1. The average molecular weight is 373 g/mol. The van der Waals surface area contributed by atoms with Gasteiger partial charge in [0.05, 0.1) is 31.0 Å². The van der Waals surface area contributed by atoms with Gasteiger partial charge in [-0.1, -0.05) is 18.2 Å². The van der Waals surface area contributed by atoms with Crippen LogP contribution in [0, 0.1) is 0 Å². The molecular formula is C16H23NO7S. The quantitative estimate of drug-likeness (QED) is 0.435. The molecule has 0 fully saturated rings. The second-order valence-electron chi connectivity index (χ2n) is 5.11. The minimum Gasteiger partial charge on any atom is -0.467 e. The number of hydrogen-bond donors (Lipinski definition) is 1. The lowest BCUT2D eigenvalue weighted by atomic mass is 10.2. The summed E-state index contributed by atoms with van der Waals surface area (Å²) in [6.45, 7) is 0.306. The molecule has 9 heteroatoms. The second kappa shape index (κ2) is 10.8. The molecule has 25 heavy (non-hydrogen) atoms. The Morgan fingerprint density at radius 3 is 2.40 bits per heavy atom. The minimum absolute atomic E-state index is 0.103. The van der Waals surface area contributed by atoms with Crippen LogP contribution >= 0.6 is 0 Å². The predicted molar refractivity (Wildman–Crippen MR) is 89.8 cm³/mol. The van der Waals surface area contributed by atoms with Crippen molar-refractivity contribution < 1.29 is 32.2 Å².